The molecule has 0 aliphatic carbocycles. The largest absolute Gasteiger partial charge is 0.309 e. The Hall–Kier alpha value is -5.92. The molecule has 48 heavy (non-hydrogen) atoms. The quantitative estimate of drug-likeness (QED) is 0.174. The van der Waals surface area contributed by atoms with Crippen molar-refractivity contribution in [3.63, 3.8) is 0 Å². The van der Waals surface area contributed by atoms with Crippen LogP contribution in [-0.2, 0) is 0 Å². The van der Waals surface area contributed by atoms with Crippen LogP contribution in [0.15, 0.2) is 158 Å². The minimum absolute atomic E-state index is 1.16. The van der Waals surface area contributed by atoms with Gasteiger partial charge in [0, 0.05) is 16.5 Å². The lowest BCUT2D eigenvalue weighted by atomic mass is 9.86. The molecule has 9 aromatic rings. The molecule has 0 aliphatic heterocycles. The molecule has 9 rings (SSSR count). The molecular formula is C47H35N. The third-order valence-corrected chi connectivity index (χ3v) is 10.0. The lowest BCUT2D eigenvalue weighted by molar-refractivity contribution is 1.18. The van der Waals surface area contributed by atoms with Crippen LogP contribution < -0.4 is 0 Å². The van der Waals surface area contributed by atoms with E-state index in [2.05, 4.69) is 183 Å². The number of benzene rings is 8. The Morgan fingerprint density at radius 1 is 0.333 bits per heavy atom. The summed E-state index contributed by atoms with van der Waals surface area (Å²) in [6.07, 6.45) is 0. The van der Waals surface area contributed by atoms with E-state index in [1.54, 1.807) is 0 Å². The summed E-state index contributed by atoms with van der Waals surface area (Å²) in [7, 11) is 0. The van der Waals surface area contributed by atoms with Gasteiger partial charge in [0.2, 0.25) is 0 Å². The van der Waals surface area contributed by atoms with Crippen molar-refractivity contribution in [3.8, 4) is 39.1 Å². The molecule has 0 N–H and O–H groups in total. The van der Waals surface area contributed by atoms with Gasteiger partial charge in [-0.3, -0.25) is 0 Å². The molecule has 1 heterocycles. The summed E-state index contributed by atoms with van der Waals surface area (Å²) in [5.41, 5.74) is 15.2. The number of rotatable bonds is 4. The van der Waals surface area contributed by atoms with Crippen molar-refractivity contribution < 1.29 is 0 Å². The average Bonchev–Trinajstić information content (AvgIpc) is 3.44. The van der Waals surface area contributed by atoms with Crippen LogP contribution in [0, 0.1) is 20.8 Å². The van der Waals surface area contributed by atoms with Gasteiger partial charge in [0.1, 0.15) is 0 Å². The summed E-state index contributed by atoms with van der Waals surface area (Å²) in [6.45, 7) is 6.63. The highest BCUT2D eigenvalue weighted by Crippen LogP contribution is 2.44. The van der Waals surface area contributed by atoms with E-state index in [1.807, 2.05) is 0 Å². The number of nitrogens with zero attached hydrogens (tertiary/aromatic N) is 1. The highest BCUT2D eigenvalue weighted by Gasteiger charge is 2.18. The van der Waals surface area contributed by atoms with Gasteiger partial charge < -0.3 is 4.57 Å². The Labute approximate surface area is 281 Å². The first-order valence-electron chi connectivity index (χ1n) is 16.8. The van der Waals surface area contributed by atoms with E-state index in [9.17, 15) is 0 Å². The van der Waals surface area contributed by atoms with Crippen LogP contribution in [0.1, 0.15) is 16.7 Å². The summed E-state index contributed by atoms with van der Waals surface area (Å²) in [4.78, 5) is 0. The molecule has 228 valence electrons. The van der Waals surface area contributed by atoms with Gasteiger partial charge in [-0.2, -0.15) is 0 Å². The standard InChI is InChI=1S/C47H35N/c1-30-27-31(2)45(32(3)28-30)35-23-26-44-42(29-35)37-15-11-12-20-43(37)48(44)36-24-21-34(22-25-36)47-40-18-9-7-16-38(40)46(33-13-5-4-6-14-33)39-17-8-10-19-41(39)47/h4-29H,1-3H3. The molecule has 0 saturated carbocycles. The number of para-hydroxylation sites is 1. The van der Waals surface area contributed by atoms with E-state index in [0.717, 1.165) is 5.69 Å². The van der Waals surface area contributed by atoms with Gasteiger partial charge in [0.15, 0.2) is 0 Å². The van der Waals surface area contributed by atoms with Gasteiger partial charge in [-0.1, -0.05) is 133 Å². The van der Waals surface area contributed by atoms with Crippen molar-refractivity contribution in [2.45, 2.75) is 20.8 Å². The summed E-state index contributed by atoms with van der Waals surface area (Å²) < 4.78 is 2.42. The van der Waals surface area contributed by atoms with Crippen LogP contribution in [0.4, 0.5) is 0 Å². The van der Waals surface area contributed by atoms with Crippen LogP contribution in [-0.4, -0.2) is 4.57 Å². The van der Waals surface area contributed by atoms with Crippen molar-refractivity contribution in [2.24, 2.45) is 0 Å². The fourth-order valence-corrected chi connectivity index (χ4v) is 8.17. The van der Waals surface area contributed by atoms with Crippen LogP contribution in [0.2, 0.25) is 0 Å². The van der Waals surface area contributed by atoms with Crippen LogP contribution >= 0.6 is 0 Å². The highest BCUT2D eigenvalue weighted by atomic mass is 15.0. The predicted octanol–water partition coefficient (Wildman–Crippen LogP) is 13.0. The van der Waals surface area contributed by atoms with Crippen molar-refractivity contribution in [2.75, 3.05) is 0 Å². The van der Waals surface area contributed by atoms with Crippen molar-refractivity contribution in [3.05, 3.63) is 174 Å². The molecule has 0 radical (unpaired) electrons. The zero-order chi connectivity index (χ0) is 32.4. The number of aryl methyl sites for hydroxylation is 3. The molecule has 1 aromatic heterocycles. The van der Waals surface area contributed by atoms with Crippen LogP contribution in [0.3, 0.4) is 0 Å². The van der Waals surface area contributed by atoms with Crippen LogP contribution in [0.25, 0.3) is 82.4 Å². The van der Waals surface area contributed by atoms with Crippen molar-refractivity contribution >= 4 is 43.4 Å². The molecule has 0 fully saturated rings. The molecule has 0 saturated heterocycles. The number of fused-ring (bicyclic) bond motifs is 5. The fourth-order valence-electron chi connectivity index (χ4n) is 8.17. The maximum absolute atomic E-state index is 2.42. The van der Waals surface area contributed by atoms with Gasteiger partial charge in [0.05, 0.1) is 11.0 Å². The number of hydrogen-bond donors (Lipinski definition) is 0. The second-order valence-corrected chi connectivity index (χ2v) is 13.1. The Bertz CT molecular complexity index is 2590. The maximum Gasteiger partial charge on any atom is 0.0541 e. The van der Waals surface area contributed by atoms with Gasteiger partial charge in [0.25, 0.3) is 0 Å². The summed E-state index contributed by atoms with van der Waals surface area (Å²) in [5.74, 6) is 0. The molecule has 0 unspecified atom stereocenters. The molecule has 0 amide bonds. The average molecular weight is 614 g/mol. The summed E-state index contributed by atoms with van der Waals surface area (Å²) in [5, 5.41) is 7.65. The first kappa shape index (κ1) is 28.3. The molecule has 0 spiro atoms. The Balaban J connectivity index is 1.23. The van der Waals surface area contributed by atoms with Gasteiger partial charge >= 0.3 is 0 Å². The summed E-state index contributed by atoms with van der Waals surface area (Å²) in [6, 6.07) is 58.1. The Kier molecular flexibility index (Phi) is 6.55. The summed E-state index contributed by atoms with van der Waals surface area (Å²) >= 11 is 0. The molecular weight excluding hydrogens is 579 g/mol. The third kappa shape index (κ3) is 4.39. The van der Waals surface area contributed by atoms with E-state index < -0.39 is 0 Å². The van der Waals surface area contributed by atoms with E-state index in [0.29, 0.717) is 0 Å². The highest BCUT2D eigenvalue weighted by molar-refractivity contribution is 6.21. The second-order valence-electron chi connectivity index (χ2n) is 13.1. The van der Waals surface area contributed by atoms with E-state index in [4.69, 9.17) is 0 Å². The van der Waals surface area contributed by atoms with Crippen molar-refractivity contribution in [1.29, 1.82) is 0 Å². The van der Waals surface area contributed by atoms with E-state index >= 15 is 0 Å². The lowest BCUT2D eigenvalue weighted by Gasteiger charge is -2.18. The van der Waals surface area contributed by atoms with Gasteiger partial charge in [-0.15, -0.1) is 0 Å². The van der Waals surface area contributed by atoms with Gasteiger partial charge in [-0.25, -0.2) is 0 Å². The minimum Gasteiger partial charge on any atom is -0.309 e. The molecule has 0 aliphatic rings. The fraction of sp³-hybridized carbons (Fsp3) is 0.0638. The smallest absolute Gasteiger partial charge is 0.0541 e. The predicted molar refractivity (Wildman–Crippen MR) is 206 cm³/mol. The normalized spacial score (nSPS) is 11.6. The zero-order valence-corrected chi connectivity index (χ0v) is 27.5. The first-order valence-corrected chi connectivity index (χ1v) is 16.8. The molecule has 0 bridgehead atoms. The number of aromatic nitrogens is 1. The van der Waals surface area contributed by atoms with Crippen LogP contribution in [0.5, 0.6) is 0 Å². The molecule has 0 atom stereocenters. The van der Waals surface area contributed by atoms with E-state index in [-0.39, 0.29) is 0 Å². The SMILES string of the molecule is Cc1cc(C)c(-c2ccc3c(c2)c2ccccc2n3-c2ccc(-c3c4ccccc4c(-c4ccccc4)c4ccccc34)cc2)c(C)c1. The number of hydrogen-bond acceptors (Lipinski definition) is 0. The lowest BCUT2D eigenvalue weighted by Crippen LogP contribution is -1.95. The minimum atomic E-state index is 1.16. The first-order chi connectivity index (χ1) is 23.6. The van der Waals surface area contributed by atoms with E-state index in [1.165, 1.54) is 93.4 Å². The Morgan fingerprint density at radius 2 is 0.792 bits per heavy atom. The molecule has 1 nitrogen and oxygen atoms in total. The molecule has 8 aromatic carbocycles. The van der Waals surface area contributed by atoms with Gasteiger partial charge in [-0.05, 0) is 117 Å². The van der Waals surface area contributed by atoms with Crippen molar-refractivity contribution in [1.82, 2.24) is 4.57 Å². The topological polar surface area (TPSA) is 4.93 Å². The maximum atomic E-state index is 2.42. The zero-order valence-electron chi connectivity index (χ0n) is 27.5. The second kappa shape index (κ2) is 11.1. The molecule has 1 heteroatoms. The third-order valence-electron chi connectivity index (χ3n) is 10.0. The Morgan fingerprint density at radius 3 is 1.38 bits per heavy atom. The monoisotopic (exact) mass is 613 g/mol.